The third-order valence-electron chi connectivity index (χ3n) is 3.79. The fourth-order valence-corrected chi connectivity index (χ4v) is 2.63. The molecule has 1 aromatic rings. The third-order valence-corrected chi connectivity index (χ3v) is 3.79. The monoisotopic (exact) mass is 290 g/mol. The van der Waals surface area contributed by atoms with Crippen LogP contribution in [0.5, 0.6) is 0 Å². The number of benzene rings is 1. The molecule has 1 saturated heterocycles. The Morgan fingerprint density at radius 1 is 1.48 bits per heavy atom. The summed E-state index contributed by atoms with van der Waals surface area (Å²) in [6.07, 6.45) is 1.29. The summed E-state index contributed by atoms with van der Waals surface area (Å²) in [6, 6.07) is 5.56. The van der Waals surface area contributed by atoms with Gasteiger partial charge in [0.05, 0.1) is 24.8 Å². The Hall–Kier alpha value is -1.41. The lowest BCUT2D eigenvalue weighted by Crippen LogP contribution is -2.47. The van der Waals surface area contributed by atoms with Gasteiger partial charge in [0.1, 0.15) is 5.82 Å². The maximum atomic E-state index is 13.7. The standard InChI is InChI=1S/C17H23FN2O/c1-3-16-12-21-13(2)10-20(16)11-14-6-7-17(18)15(9-14)5-4-8-19/h6-7,9,13,16H,3,8,10-12,19H2,1-2H3. The largest absolute Gasteiger partial charge is 0.376 e. The molecule has 0 radical (unpaired) electrons. The lowest BCUT2D eigenvalue weighted by Gasteiger charge is -2.38. The van der Waals surface area contributed by atoms with Gasteiger partial charge in [0.2, 0.25) is 0 Å². The number of hydrogen-bond acceptors (Lipinski definition) is 3. The van der Waals surface area contributed by atoms with Gasteiger partial charge in [0.25, 0.3) is 0 Å². The van der Waals surface area contributed by atoms with Gasteiger partial charge in [-0.15, -0.1) is 0 Å². The van der Waals surface area contributed by atoms with Crippen molar-refractivity contribution in [3.8, 4) is 11.8 Å². The van der Waals surface area contributed by atoms with Gasteiger partial charge in [0, 0.05) is 19.1 Å². The molecular formula is C17H23FN2O. The van der Waals surface area contributed by atoms with Gasteiger partial charge in [-0.05, 0) is 31.0 Å². The van der Waals surface area contributed by atoms with E-state index < -0.39 is 0 Å². The predicted molar refractivity (Wildman–Crippen MR) is 82.2 cm³/mol. The first kappa shape index (κ1) is 16.0. The molecule has 1 aliphatic heterocycles. The van der Waals surface area contributed by atoms with Crippen LogP contribution in [0, 0.1) is 17.7 Å². The Bertz CT molecular complexity index is 535. The van der Waals surface area contributed by atoms with Gasteiger partial charge in [-0.3, -0.25) is 4.90 Å². The van der Waals surface area contributed by atoms with Crippen LogP contribution in [0.3, 0.4) is 0 Å². The molecule has 2 unspecified atom stereocenters. The maximum absolute atomic E-state index is 13.7. The van der Waals surface area contributed by atoms with Gasteiger partial charge in [0.15, 0.2) is 0 Å². The zero-order valence-electron chi connectivity index (χ0n) is 12.7. The Kier molecular flexibility index (Phi) is 5.75. The van der Waals surface area contributed by atoms with E-state index in [4.69, 9.17) is 10.5 Å². The second-order valence-corrected chi connectivity index (χ2v) is 5.46. The van der Waals surface area contributed by atoms with Crippen molar-refractivity contribution in [2.75, 3.05) is 19.7 Å². The molecule has 3 nitrogen and oxygen atoms in total. The highest BCUT2D eigenvalue weighted by atomic mass is 19.1. The molecule has 1 aromatic carbocycles. The number of morpholine rings is 1. The minimum absolute atomic E-state index is 0.239. The van der Waals surface area contributed by atoms with E-state index >= 15 is 0 Å². The SMILES string of the molecule is CCC1COC(C)CN1Cc1ccc(F)c(C#CCN)c1. The van der Waals surface area contributed by atoms with E-state index in [0.29, 0.717) is 11.6 Å². The summed E-state index contributed by atoms with van der Waals surface area (Å²) >= 11 is 0. The molecule has 0 amide bonds. The van der Waals surface area contributed by atoms with Crippen LogP contribution in [0.4, 0.5) is 4.39 Å². The van der Waals surface area contributed by atoms with Crippen LogP contribution in [0.2, 0.25) is 0 Å². The Morgan fingerprint density at radius 3 is 3.00 bits per heavy atom. The highest BCUT2D eigenvalue weighted by Gasteiger charge is 2.25. The molecule has 2 rings (SSSR count). The van der Waals surface area contributed by atoms with Gasteiger partial charge < -0.3 is 10.5 Å². The van der Waals surface area contributed by atoms with Crippen molar-refractivity contribution in [3.63, 3.8) is 0 Å². The fourth-order valence-electron chi connectivity index (χ4n) is 2.63. The molecule has 1 heterocycles. The van der Waals surface area contributed by atoms with Crippen molar-refractivity contribution in [2.24, 2.45) is 5.73 Å². The summed E-state index contributed by atoms with van der Waals surface area (Å²) in [6.45, 7) is 6.95. The lowest BCUT2D eigenvalue weighted by molar-refractivity contribution is -0.0592. The molecular weight excluding hydrogens is 267 g/mol. The number of hydrogen-bond donors (Lipinski definition) is 1. The highest BCUT2D eigenvalue weighted by Crippen LogP contribution is 2.19. The molecule has 0 saturated carbocycles. The molecule has 0 aliphatic carbocycles. The number of halogens is 1. The quantitative estimate of drug-likeness (QED) is 0.867. The average Bonchev–Trinajstić information content (AvgIpc) is 2.48. The number of rotatable bonds is 3. The molecule has 0 bridgehead atoms. The van der Waals surface area contributed by atoms with Crippen molar-refractivity contribution in [3.05, 3.63) is 35.1 Å². The Morgan fingerprint density at radius 2 is 2.29 bits per heavy atom. The maximum Gasteiger partial charge on any atom is 0.138 e. The number of nitrogens with zero attached hydrogens (tertiary/aromatic N) is 1. The molecule has 0 aromatic heterocycles. The molecule has 1 aliphatic rings. The first-order valence-corrected chi connectivity index (χ1v) is 7.47. The van der Waals surface area contributed by atoms with Crippen LogP contribution < -0.4 is 5.73 Å². The number of ether oxygens (including phenoxy) is 1. The fraction of sp³-hybridized carbons (Fsp3) is 0.529. The molecule has 2 atom stereocenters. The van der Waals surface area contributed by atoms with Crippen molar-refractivity contribution >= 4 is 0 Å². The second-order valence-electron chi connectivity index (χ2n) is 5.46. The minimum Gasteiger partial charge on any atom is -0.376 e. The summed E-state index contributed by atoms with van der Waals surface area (Å²) in [5, 5.41) is 0. The zero-order chi connectivity index (χ0) is 15.2. The second kappa shape index (κ2) is 7.56. The van der Waals surface area contributed by atoms with Crippen LogP contribution in [-0.4, -0.2) is 36.7 Å². The van der Waals surface area contributed by atoms with Crippen molar-refractivity contribution in [2.45, 2.75) is 39.0 Å². The van der Waals surface area contributed by atoms with Crippen LogP contribution in [0.15, 0.2) is 18.2 Å². The minimum atomic E-state index is -0.290. The van der Waals surface area contributed by atoms with Gasteiger partial charge in [-0.2, -0.15) is 0 Å². The van der Waals surface area contributed by atoms with E-state index in [2.05, 4.69) is 30.6 Å². The summed E-state index contributed by atoms with van der Waals surface area (Å²) < 4.78 is 19.4. The van der Waals surface area contributed by atoms with E-state index in [0.717, 1.165) is 31.7 Å². The van der Waals surface area contributed by atoms with Gasteiger partial charge in [-0.25, -0.2) is 4.39 Å². The topological polar surface area (TPSA) is 38.5 Å². The molecule has 1 fully saturated rings. The Balaban J connectivity index is 2.14. The highest BCUT2D eigenvalue weighted by molar-refractivity contribution is 5.38. The van der Waals surface area contributed by atoms with E-state index in [1.807, 2.05) is 12.1 Å². The molecule has 114 valence electrons. The van der Waals surface area contributed by atoms with Crippen LogP contribution in [0.1, 0.15) is 31.4 Å². The Labute approximate surface area is 126 Å². The van der Waals surface area contributed by atoms with Crippen molar-refractivity contribution in [1.29, 1.82) is 0 Å². The molecule has 21 heavy (non-hydrogen) atoms. The van der Waals surface area contributed by atoms with E-state index in [1.54, 1.807) is 0 Å². The molecule has 2 N–H and O–H groups in total. The molecule has 4 heteroatoms. The van der Waals surface area contributed by atoms with Crippen molar-refractivity contribution < 1.29 is 9.13 Å². The average molecular weight is 290 g/mol. The van der Waals surface area contributed by atoms with E-state index in [9.17, 15) is 4.39 Å². The summed E-state index contributed by atoms with van der Waals surface area (Å²) in [5.41, 5.74) is 6.84. The summed E-state index contributed by atoms with van der Waals surface area (Å²) in [7, 11) is 0. The van der Waals surface area contributed by atoms with E-state index in [1.165, 1.54) is 6.07 Å². The smallest absolute Gasteiger partial charge is 0.138 e. The lowest BCUT2D eigenvalue weighted by atomic mass is 10.1. The summed E-state index contributed by atoms with van der Waals surface area (Å²) in [5.74, 6) is 5.21. The van der Waals surface area contributed by atoms with Gasteiger partial charge in [-0.1, -0.05) is 24.8 Å². The van der Waals surface area contributed by atoms with E-state index in [-0.39, 0.29) is 18.5 Å². The first-order chi connectivity index (χ1) is 10.1. The van der Waals surface area contributed by atoms with Crippen LogP contribution in [0.25, 0.3) is 0 Å². The first-order valence-electron chi connectivity index (χ1n) is 7.47. The zero-order valence-corrected chi connectivity index (χ0v) is 12.7. The van der Waals surface area contributed by atoms with Crippen molar-refractivity contribution in [1.82, 2.24) is 4.90 Å². The normalized spacial score (nSPS) is 22.7. The molecule has 0 spiro atoms. The summed E-state index contributed by atoms with van der Waals surface area (Å²) in [4.78, 5) is 2.40. The van der Waals surface area contributed by atoms with Gasteiger partial charge >= 0.3 is 0 Å². The van der Waals surface area contributed by atoms with Crippen LogP contribution in [-0.2, 0) is 11.3 Å². The van der Waals surface area contributed by atoms with Crippen LogP contribution >= 0.6 is 0 Å². The number of nitrogens with two attached hydrogens (primary N) is 1. The third kappa shape index (κ3) is 4.28. The predicted octanol–water partition coefficient (Wildman–Crippen LogP) is 2.14.